The van der Waals surface area contributed by atoms with Gasteiger partial charge in [-0.15, -0.1) is 0 Å². The van der Waals surface area contributed by atoms with Crippen LogP contribution >= 0.6 is 0 Å². The molecule has 1 unspecified atom stereocenters. The van der Waals surface area contributed by atoms with Crippen LogP contribution in [0.15, 0.2) is 90.6 Å². The van der Waals surface area contributed by atoms with Gasteiger partial charge < -0.3 is 14.4 Å². The number of nitrogens with zero attached hydrogens (tertiary/aromatic N) is 1. The standard InChI is InChI=1S/C26H25NO3/c1-3-30-26(28)23-18-27(17-19-10-5-4-6-11-19)24-15-8-7-14-22(24)25(23)20-12-9-13-21(16-20)29-2/h4-16,18,25H,3,17H2,1-2H3. The number of ether oxygens (including phenoxy) is 2. The van der Waals surface area contributed by atoms with E-state index in [1.807, 2.05) is 67.7 Å². The topological polar surface area (TPSA) is 38.8 Å². The van der Waals surface area contributed by atoms with Crippen LogP contribution in [0.1, 0.15) is 29.5 Å². The van der Waals surface area contributed by atoms with E-state index in [2.05, 4.69) is 29.2 Å². The maximum atomic E-state index is 13.0. The Kier molecular flexibility index (Phi) is 5.84. The van der Waals surface area contributed by atoms with Crippen molar-refractivity contribution >= 4 is 11.7 Å². The van der Waals surface area contributed by atoms with Gasteiger partial charge in [-0.1, -0.05) is 60.7 Å². The largest absolute Gasteiger partial charge is 0.497 e. The lowest BCUT2D eigenvalue weighted by molar-refractivity contribution is -0.138. The number of hydrogen-bond acceptors (Lipinski definition) is 4. The summed E-state index contributed by atoms with van der Waals surface area (Å²) in [5.41, 5.74) is 4.96. The fourth-order valence-corrected chi connectivity index (χ4v) is 3.95. The second kappa shape index (κ2) is 8.87. The van der Waals surface area contributed by atoms with Crippen molar-refractivity contribution in [3.05, 3.63) is 107 Å². The zero-order valence-corrected chi connectivity index (χ0v) is 17.2. The predicted molar refractivity (Wildman–Crippen MR) is 119 cm³/mol. The maximum absolute atomic E-state index is 13.0. The van der Waals surface area contributed by atoms with Gasteiger partial charge in [0.15, 0.2) is 0 Å². The van der Waals surface area contributed by atoms with Crippen LogP contribution < -0.4 is 9.64 Å². The van der Waals surface area contributed by atoms with E-state index < -0.39 is 0 Å². The van der Waals surface area contributed by atoms with E-state index in [9.17, 15) is 4.79 Å². The molecule has 1 aliphatic rings. The highest BCUT2D eigenvalue weighted by atomic mass is 16.5. The molecule has 3 aromatic rings. The summed E-state index contributed by atoms with van der Waals surface area (Å²) in [5.74, 6) is 0.250. The zero-order chi connectivity index (χ0) is 20.9. The molecule has 0 spiro atoms. The van der Waals surface area contributed by atoms with Crippen LogP contribution in [0.25, 0.3) is 0 Å². The van der Waals surface area contributed by atoms with Crippen LogP contribution in [0.3, 0.4) is 0 Å². The summed E-state index contributed by atoms with van der Waals surface area (Å²) in [6.45, 7) is 2.84. The molecular weight excluding hydrogens is 374 g/mol. The van der Waals surface area contributed by atoms with E-state index in [-0.39, 0.29) is 11.9 Å². The Labute approximate surface area is 177 Å². The summed E-state index contributed by atoms with van der Waals surface area (Å²) in [7, 11) is 1.65. The Morgan fingerprint density at radius 1 is 0.967 bits per heavy atom. The third kappa shape index (κ3) is 3.94. The van der Waals surface area contributed by atoms with Crippen molar-refractivity contribution in [3.8, 4) is 5.75 Å². The number of hydrogen-bond donors (Lipinski definition) is 0. The van der Waals surface area contributed by atoms with E-state index >= 15 is 0 Å². The first-order valence-corrected chi connectivity index (χ1v) is 10.1. The van der Waals surface area contributed by atoms with Gasteiger partial charge >= 0.3 is 5.97 Å². The van der Waals surface area contributed by atoms with E-state index in [1.165, 1.54) is 5.56 Å². The Bertz CT molecular complexity index is 1060. The van der Waals surface area contributed by atoms with Gasteiger partial charge in [-0.3, -0.25) is 0 Å². The SMILES string of the molecule is CCOC(=O)C1=CN(Cc2ccccc2)c2ccccc2C1c1cccc(OC)c1. The number of fused-ring (bicyclic) bond motifs is 1. The molecule has 0 aliphatic carbocycles. The molecule has 0 amide bonds. The van der Waals surface area contributed by atoms with Crippen molar-refractivity contribution in [1.29, 1.82) is 0 Å². The Hall–Kier alpha value is -3.53. The van der Waals surface area contributed by atoms with Crippen LogP contribution in [0.5, 0.6) is 5.75 Å². The Balaban J connectivity index is 1.84. The molecular formula is C26H25NO3. The van der Waals surface area contributed by atoms with Crippen molar-refractivity contribution in [1.82, 2.24) is 0 Å². The number of benzene rings is 3. The van der Waals surface area contributed by atoms with Gasteiger partial charge in [0.25, 0.3) is 0 Å². The molecule has 0 saturated carbocycles. The highest BCUT2D eigenvalue weighted by Gasteiger charge is 2.33. The van der Waals surface area contributed by atoms with Crippen molar-refractivity contribution < 1.29 is 14.3 Å². The van der Waals surface area contributed by atoms with E-state index in [4.69, 9.17) is 9.47 Å². The molecule has 4 heteroatoms. The van der Waals surface area contributed by atoms with Gasteiger partial charge in [-0.25, -0.2) is 4.79 Å². The van der Waals surface area contributed by atoms with Crippen LogP contribution in [0, 0.1) is 0 Å². The average molecular weight is 399 g/mol. The molecule has 0 aromatic heterocycles. The van der Waals surface area contributed by atoms with Gasteiger partial charge in [0.1, 0.15) is 5.75 Å². The number of anilines is 1. The van der Waals surface area contributed by atoms with Crippen molar-refractivity contribution in [3.63, 3.8) is 0 Å². The molecule has 3 aromatic carbocycles. The molecule has 0 radical (unpaired) electrons. The Morgan fingerprint density at radius 2 is 1.73 bits per heavy atom. The third-order valence-electron chi connectivity index (χ3n) is 5.30. The molecule has 1 atom stereocenters. The van der Waals surface area contributed by atoms with Gasteiger partial charge in [-0.05, 0) is 41.8 Å². The smallest absolute Gasteiger partial charge is 0.336 e. The number of carbonyl (C=O) groups is 1. The van der Waals surface area contributed by atoms with Gasteiger partial charge in [0.05, 0.1) is 19.3 Å². The predicted octanol–water partition coefficient (Wildman–Crippen LogP) is 5.29. The fraction of sp³-hybridized carbons (Fsp3) is 0.192. The molecule has 0 fully saturated rings. The summed E-state index contributed by atoms with van der Waals surface area (Å²) in [6, 6.07) is 26.4. The van der Waals surface area contributed by atoms with Crippen LogP contribution in [-0.2, 0) is 16.1 Å². The van der Waals surface area contributed by atoms with Crippen LogP contribution in [0.4, 0.5) is 5.69 Å². The number of esters is 1. The van der Waals surface area contributed by atoms with E-state index in [0.29, 0.717) is 18.7 Å². The normalized spacial score (nSPS) is 15.2. The maximum Gasteiger partial charge on any atom is 0.336 e. The first-order chi connectivity index (χ1) is 14.7. The molecule has 1 aliphatic heterocycles. The lowest BCUT2D eigenvalue weighted by atomic mass is 9.81. The molecule has 30 heavy (non-hydrogen) atoms. The van der Waals surface area contributed by atoms with E-state index in [0.717, 1.165) is 22.6 Å². The number of methoxy groups -OCH3 is 1. The Morgan fingerprint density at radius 3 is 2.50 bits per heavy atom. The lowest BCUT2D eigenvalue weighted by Gasteiger charge is -2.34. The van der Waals surface area contributed by atoms with Crippen LogP contribution in [0.2, 0.25) is 0 Å². The summed E-state index contributed by atoms with van der Waals surface area (Å²) >= 11 is 0. The monoisotopic (exact) mass is 399 g/mol. The molecule has 4 rings (SSSR count). The van der Waals surface area contributed by atoms with Crippen molar-refractivity contribution in [2.24, 2.45) is 0 Å². The first kappa shape index (κ1) is 19.8. The molecule has 152 valence electrons. The molecule has 0 N–H and O–H groups in total. The average Bonchev–Trinajstić information content (AvgIpc) is 2.79. The summed E-state index contributed by atoms with van der Waals surface area (Å²) in [6.07, 6.45) is 1.94. The molecule has 4 nitrogen and oxygen atoms in total. The summed E-state index contributed by atoms with van der Waals surface area (Å²) in [5, 5.41) is 0. The summed E-state index contributed by atoms with van der Waals surface area (Å²) < 4.78 is 10.9. The highest BCUT2D eigenvalue weighted by molar-refractivity contribution is 5.93. The minimum Gasteiger partial charge on any atom is -0.497 e. The van der Waals surface area contributed by atoms with E-state index in [1.54, 1.807) is 7.11 Å². The second-order valence-electron chi connectivity index (χ2n) is 7.19. The van der Waals surface area contributed by atoms with Crippen LogP contribution in [-0.4, -0.2) is 19.7 Å². The van der Waals surface area contributed by atoms with Gasteiger partial charge in [-0.2, -0.15) is 0 Å². The number of carbonyl (C=O) groups excluding carboxylic acids is 1. The second-order valence-corrected chi connectivity index (χ2v) is 7.19. The third-order valence-corrected chi connectivity index (χ3v) is 5.30. The highest BCUT2D eigenvalue weighted by Crippen LogP contribution is 2.43. The molecule has 1 heterocycles. The molecule has 0 bridgehead atoms. The summed E-state index contributed by atoms with van der Waals surface area (Å²) in [4.78, 5) is 15.1. The number of rotatable bonds is 6. The quantitative estimate of drug-likeness (QED) is 0.528. The first-order valence-electron chi connectivity index (χ1n) is 10.1. The lowest BCUT2D eigenvalue weighted by Crippen LogP contribution is -2.28. The fourth-order valence-electron chi connectivity index (χ4n) is 3.95. The minimum absolute atomic E-state index is 0.220. The van der Waals surface area contributed by atoms with Gasteiger partial charge in [0.2, 0.25) is 0 Å². The van der Waals surface area contributed by atoms with Crippen molar-refractivity contribution in [2.45, 2.75) is 19.4 Å². The number of para-hydroxylation sites is 1. The molecule has 0 saturated heterocycles. The van der Waals surface area contributed by atoms with Gasteiger partial charge in [0, 0.05) is 24.4 Å². The minimum atomic E-state index is -0.294. The zero-order valence-electron chi connectivity index (χ0n) is 17.2. The van der Waals surface area contributed by atoms with Crippen molar-refractivity contribution in [2.75, 3.05) is 18.6 Å².